The van der Waals surface area contributed by atoms with Gasteiger partial charge in [0.2, 0.25) is 11.8 Å². The topological polar surface area (TPSA) is 95.5 Å². The molecule has 0 heterocycles. The van der Waals surface area contributed by atoms with Crippen LogP contribution in [0.3, 0.4) is 0 Å². The number of hydrogen-bond donors (Lipinski definition) is 3. The molecule has 2 amide bonds. The number of carboxylic acids is 1. The average molecular weight is 382 g/mol. The van der Waals surface area contributed by atoms with E-state index in [-0.39, 0.29) is 18.2 Å². The van der Waals surface area contributed by atoms with Crippen LogP contribution in [0.25, 0.3) is 0 Å². The second-order valence-corrected chi connectivity index (χ2v) is 6.63. The third kappa shape index (κ3) is 8.03. The molecular formula is C22H26N2O4. The number of benzene rings is 2. The normalized spacial score (nSPS) is 11.4. The quantitative estimate of drug-likeness (QED) is 0.520. The summed E-state index contributed by atoms with van der Waals surface area (Å²) in [4.78, 5) is 35.3. The Morgan fingerprint density at radius 2 is 1.32 bits per heavy atom. The Bertz CT molecular complexity index is 763. The molecule has 2 aromatic rings. The van der Waals surface area contributed by atoms with Crippen LogP contribution in [0.15, 0.2) is 60.7 Å². The fraction of sp³-hybridized carbons (Fsp3) is 0.318. The van der Waals surface area contributed by atoms with Crippen LogP contribution in [0, 0.1) is 0 Å². The molecule has 2 rings (SSSR count). The summed E-state index contributed by atoms with van der Waals surface area (Å²) in [5, 5.41) is 14.7. The molecule has 0 saturated carbocycles. The van der Waals surface area contributed by atoms with E-state index in [9.17, 15) is 19.5 Å². The van der Waals surface area contributed by atoms with Gasteiger partial charge in [-0.1, -0.05) is 60.7 Å². The van der Waals surface area contributed by atoms with E-state index in [0.29, 0.717) is 32.2 Å². The molecule has 0 bridgehead atoms. The summed E-state index contributed by atoms with van der Waals surface area (Å²) in [6.45, 7) is 0.482. The summed E-state index contributed by atoms with van der Waals surface area (Å²) in [6.07, 6.45) is 2.05. The largest absolute Gasteiger partial charge is 0.480 e. The Kier molecular flexibility index (Phi) is 8.72. The number of amides is 2. The fourth-order valence-corrected chi connectivity index (χ4v) is 2.83. The molecule has 1 unspecified atom stereocenters. The van der Waals surface area contributed by atoms with Crippen LogP contribution < -0.4 is 10.6 Å². The van der Waals surface area contributed by atoms with E-state index in [2.05, 4.69) is 10.6 Å². The van der Waals surface area contributed by atoms with Crippen LogP contribution >= 0.6 is 0 Å². The minimum absolute atomic E-state index is 0.0582. The van der Waals surface area contributed by atoms with Gasteiger partial charge in [-0.2, -0.15) is 0 Å². The predicted octanol–water partition coefficient (Wildman–Crippen LogP) is 2.33. The zero-order valence-corrected chi connectivity index (χ0v) is 15.8. The van der Waals surface area contributed by atoms with Gasteiger partial charge < -0.3 is 15.7 Å². The van der Waals surface area contributed by atoms with Crippen molar-refractivity contribution in [1.82, 2.24) is 10.6 Å². The first-order valence-corrected chi connectivity index (χ1v) is 9.41. The van der Waals surface area contributed by atoms with Gasteiger partial charge in [0.1, 0.15) is 6.04 Å². The van der Waals surface area contributed by atoms with Gasteiger partial charge in [0.25, 0.3) is 0 Å². The zero-order chi connectivity index (χ0) is 20.2. The van der Waals surface area contributed by atoms with Crippen molar-refractivity contribution in [3.05, 3.63) is 71.8 Å². The molecule has 28 heavy (non-hydrogen) atoms. The first-order chi connectivity index (χ1) is 13.5. The van der Waals surface area contributed by atoms with Gasteiger partial charge in [0.15, 0.2) is 0 Å². The van der Waals surface area contributed by atoms with E-state index in [4.69, 9.17) is 0 Å². The maximum atomic E-state index is 12.0. The van der Waals surface area contributed by atoms with Gasteiger partial charge in [-0.15, -0.1) is 0 Å². The van der Waals surface area contributed by atoms with E-state index in [1.807, 2.05) is 60.7 Å². The van der Waals surface area contributed by atoms with Crippen LogP contribution in [0.5, 0.6) is 0 Å². The molecular weight excluding hydrogens is 356 g/mol. The van der Waals surface area contributed by atoms with Crippen molar-refractivity contribution in [1.29, 1.82) is 0 Å². The standard InChI is InChI=1S/C22H26N2O4/c25-20(15-17-9-3-1-4-10-17)23-14-8-7-13-19(22(27)28)24-21(26)16-18-11-5-2-6-12-18/h1-6,9-12,19H,7-8,13-16H2,(H,23,25)(H,24,26)(H,27,28). The summed E-state index contributed by atoms with van der Waals surface area (Å²) in [5.41, 5.74) is 1.79. The van der Waals surface area contributed by atoms with Gasteiger partial charge in [-0.3, -0.25) is 9.59 Å². The number of carbonyl (C=O) groups is 3. The van der Waals surface area contributed by atoms with Crippen LogP contribution in [0.4, 0.5) is 0 Å². The summed E-state index contributed by atoms with van der Waals surface area (Å²) in [5.74, 6) is -1.42. The van der Waals surface area contributed by atoms with Gasteiger partial charge in [0.05, 0.1) is 12.8 Å². The highest BCUT2D eigenvalue weighted by molar-refractivity contribution is 5.84. The van der Waals surface area contributed by atoms with Crippen molar-refractivity contribution >= 4 is 17.8 Å². The minimum atomic E-state index is -1.05. The van der Waals surface area contributed by atoms with Crippen molar-refractivity contribution in [2.45, 2.75) is 38.1 Å². The van der Waals surface area contributed by atoms with Crippen LogP contribution in [-0.2, 0) is 27.2 Å². The number of carboxylic acid groups (broad SMARTS) is 1. The van der Waals surface area contributed by atoms with E-state index < -0.39 is 12.0 Å². The third-order valence-corrected chi connectivity index (χ3v) is 4.29. The lowest BCUT2D eigenvalue weighted by atomic mass is 10.1. The summed E-state index contributed by atoms with van der Waals surface area (Å²) in [6, 6.07) is 17.7. The van der Waals surface area contributed by atoms with E-state index in [1.54, 1.807) is 0 Å². The number of rotatable bonds is 11. The molecule has 0 aromatic heterocycles. The van der Waals surface area contributed by atoms with E-state index >= 15 is 0 Å². The van der Waals surface area contributed by atoms with Crippen LogP contribution in [-0.4, -0.2) is 35.5 Å². The van der Waals surface area contributed by atoms with Gasteiger partial charge in [0, 0.05) is 6.54 Å². The maximum Gasteiger partial charge on any atom is 0.326 e. The number of carbonyl (C=O) groups excluding carboxylic acids is 2. The molecule has 148 valence electrons. The Balaban J connectivity index is 1.65. The second-order valence-electron chi connectivity index (χ2n) is 6.63. The molecule has 0 saturated heterocycles. The molecule has 0 spiro atoms. The van der Waals surface area contributed by atoms with Crippen LogP contribution in [0.2, 0.25) is 0 Å². The molecule has 6 nitrogen and oxygen atoms in total. The van der Waals surface area contributed by atoms with Crippen molar-refractivity contribution in [2.75, 3.05) is 6.54 Å². The number of aliphatic carboxylic acids is 1. The molecule has 2 aromatic carbocycles. The van der Waals surface area contributed by atoms with Crippen molar-refractivity contribution < 1.29 is 19.5 Å². The van der Waals surface area contributed by atoms with Crippen LogP contribution in [0.1, 0.15) is 30.4 Å². The van der Waals surface area contributed by atoms with Crippen molar-refractivity contribution in [3.8, 4) is 0 Å². The second kappa shape index (κ2) is 11.5. The highest BCUT2D eigenvalue weighted by Gasteiger charge is 2.19. The van der Waals surface area contributed by atoms with E-state index in [0.717, 1.165) is 11.1 Å². The van der Waals surface area contributed by atoms with Gasteiger partial charge >= 0.3 is 5.97 Å². The number of nitrogens with one attached hydrogen (secondary N) is 2. The maximum absolute atomic E-state index is 12.0. The Morgan fingerprint density at radius 3 is 1.86 bits per heavy atom. The summed E-state index contributed by atoms with van der Waals surface area (Å²) in [7, 11) is 0. The molecule has 0 radical (unpaired) electrons. The van der Waals surface area contributed by atoms with Crippen molar-refractivity contribution in [3.63, 3.8) is 0 Å². The molecule has 0 fully saturated rings. The average Bonchev–Trinajstić information content (AvgIpc) is 2.68. The first-order valence-electron chi connectivity index (χ1n) is 9.41. The monoisotopic (exact) mass is 382 g/mol. The zero-order valence-electron chi connectivity index (χ0n) is 15.8. The Labute approximate surface area is 165 Å². The Hall–Kier alpha value is -3.15. The summed E-state index contributed by atoms with van der Waals surface area (Å²) >= 11 is 0. The van der Waals surface area contributed by atoms with E-state index in [1.165, 1.54) is 0 Å². The predicted molar refractivity (Wildman–Crippen MR) is 107 cm³/mol. The number of unbranched alkanes of at least 4 members (excludes halogenated alkanes) is 1. The lowest BCUT2D eigenvalue weighted by molar-refractivity contribution is -0.142. The highest BCUT2D eigenvalue weighted by Crippen LogP contribution is 2.04. The lowest BCUT2D eigenvalue weighted by Gasteiger charge is -2.14. The first kappa shape index (κ1) is 21.2. The summed E-state index contributed by atoms with van der Waals surface area (Å²) < 4.78 is 0. The molecule has 0 aliphatic heterocycles. The van der Waals surface area contributed by atoms with Gasteiger partial charge in [-0.25, -0.2) is 4.79 Å². The molecule has 0 aliphatic carbocycles. The fourth-order valence-electron chi connectivity index (χ4n) is 2.83. The Morgan fingerprint density at radius 1 is 0.786 bits per heavy atom. The molecule has 6 heteroatoms. The van der Waals surface area contributed by atoms with Crippen molar-refractivity contribution in [2.24, 2.45) is 0 Å². The SMILES string of the molecule is O=C(Cc1ccccc1)NCCCCC(NC(=O)Cc1ccccc1)C(=O)O. The lowest BCUT2D eigenvalue weighted by Crippen LogP contribution is -2.41. The molecule has 0 aliphatic rings. The molecule has 3 N–H and O–H groups in total. The van der Waals surface area contributed by atoms with Gasteiger partial charge in [-0.05, 0) is 30.4 Å². The minimum Gasteiger partial charge on any atom is -0.480 e. The third-order valence-electron chi connectivity index (χ3n) is 4.29. The number of hydrogen-bond acceptors (Lipinski definition) is 3. The smallest absolute Gasteiger partial charge is 0.326 e. The molecule has 1 atom stereocenters. The highest BCUT2D eigenvalue weighted by atomic mass is 16.4.